The largest absolute Gasteiger partial charge is 0.462 e. The average Bonchev–Trinajstić information content (AvgIpc) is 3.37. The molecular weight excluding hydrogens is 352 g/mol. The van der Waals surface area contributed by atoms with Crippen molar-refractivity contribution in [2.45, 2.75) is 18.4 Å². The summed E-state index contributed by atoms with van der Waals surface area (Å²) in [5.74, 6) is 3.12. The van der Waals surface area contributed by atoms with Crippen LogP contribution in [-0.2, 0) is 11.5 Å². The number of nitrogens with zero attached hydrogens (tertiary/aromatic N) is 2. The number of hydrogen-bond acceptors (Lipinski definition) is 6. The third-order valence-electron chi connectivity index (χ3n) is 3.63. The third-order valence-corrected chi connectivity index (χ3v) is 5.54. The highest BCUT2D eigenvalue weighted by Gasteiger charge is 2.09. The second-order valence-corrected chi connectivity index (χ2v) is 7.47. The highest BCUT2D eigenvalue weighted by Crippen LogP contribution is 2.27. The molecule has 0 N–H and O–H groups in total. The van der Waals surface area contributed by atoms with Crippen LogP contribution >= 0.6 is 23.1 Å². The lowest BCUT2D eigenvalue weighted by molar-refractivity contribution is 0.573. The molecule has 25 heavy (non-hydrogen) atoms. The van der Waals surface area contributed by atoms with E-state index in [9.17, 15) is 0 Å². The standard InChI is InChI=1S/C19H16N2O2S2/c1-13-4-6-14(7-5-13)18-20-15(9-23-18)10-24-11-16-12-25-19(21-16)17-3-2-8-22-17/h2-9,12H,10-11H2,1H3. The molecule has 4 rings (SSSR count). The first-order valence-corrected chi connectivity index (χ1v) is 9.89. The molecule has 0 aliphatic heterocycles. The molecule has 126 valence electrons. The SMILES string of the molecule is Cc1ccc(-c2nc(CSCc3csc(-c4ccco4)n3)co2)cc1. The molecule has 0 aliphatic carbocycles. The first-order valence-electron chi connectivity index (χ1n) is 7.85. The molecule has 0 bridgehead atoms. The van der Waals surface area contributed by atoms with E-state index in [-0.39, 0.29) is 0 Å². The zero-order chi connectivity index (χ0) is 17.1. The normalized spacial score (nSPS) is 11.1. The average molecular weight is 368 g/mol. The van der Waals surface area contributed by atoms with E-state index < -0.39 is 0 Å². The van der Waals surface area contributed by atoms with Gasteiger partial charge in [0, 0.05) is 22.4 Å². The number of benzene rings is 1. The van der Waals surface area contributed by atoms with Crippen LogP contribution in [0.15, 0.2) is 63.1 Å². The number of rotatable bonds is 6. The molecule has 0 saturated carbocycles. The Bertz CT molecular complexity index is 940. The second kappa shape index (κ2) is 7.29. The summed E-state index contributed by atoms with van der Waals surface area (Å²) in [5.41, 5.74) is 4.23. The van der Waals surface area contributed by atoms with Gasteiger partial charge in [0.05, 0.1) is 17.7 Å². The Hall–Kier alpha value is -2.31. The number of furan rings is 1. The van der Waals surface area contributed by atoms with Gasteiger partial charge in [0.2, 0.25) is 5.89 Å². The van der Waals surface area contributed by atoms with E-state index in [1.54, 1.807) is 35.6 Å². The lowest BCUT2D eigenvalue weighted by Gasteiger charge is -1.96. The predicted molar refractivity (Wildman–Crippen MR) is 101 cm³/mol. The third kappa shape index (κ3) is 3.86. The maximum Gasteiger partial charge on any atom is 0.226 e. The molecule has 0 atom stereocenters. The van der Waals surface area contributed by atoms with Crippen LogP contribution in [0.4, 0.5) is 0 Å². The van der Waals surface area contributed by atoms with Crippen LogP contribution in [0.25, 0.3) is 22.2 Å². The Morgan fingerprint density at radius 3 is 2.64 bits per heavy atom. The zero-order valence-electron chi connectivity index (χ0n) is 13.6. The lowest BCUT2D eigenvalue weighted by atomic mass is 10.1. The molecule has 0 fully saturated rings. The van der Waals surface area contributed by atoms with Crippen molar-refractivity contribution in [1.82, 2.24) is 9.97 Å². The Kier molecular flexibility index (Phi) is 4.72. The summed E-state index contributed by atoms with van der Waals surface area (Å²) in [6.45, 7) is 2.07. The van der Waals surface area contributed by atoms with Crippen LogP contribution in [0.3, 0.4) is 0 Å². The molecule has 4 aromatic rings. The van der Waals surface area contributed by atoms with E-state index in [1.807, 2.05) is 24.3 Å². The Morgan fingerprint density at radius 2 is 1.84 bits per heavy atom. The van der Waals surface area contributed by atoms with Crippen LogP contribution in [-0.4, -0.2) is 9.97 Å². The summed E-state index contributed by atoms with van der Waals surface area (Å²) >= 11 is 3.38. The van der Waals surface area contributed by atoms with Gasteiger partial charge < -0.3 is 8.83 Å². The van der Waals surface area contributed by atoms with Gasteiger partial charge >= 0.3 is 0 Å². The molecule has 0 spiro atoms. The highest BCUT2D eigenvalue weighted by atomic mass is 32.2. The molecule has 1 aromatic carbocycles. The van der Waals surface area contributed by atoms with E-state index >= 15 is 0 Å². The number of thiazole rings is 1. The fourth-order valence-electron chi connectivity index (χ4n) is 2.35. The topological polar surface area (TPSA) is 52.1 Å². The van der Waals surface area contributed by atoms with Crippen molar-refractivity contribution in [3.63, 3.8) is 0 Å². The molecule has 3 aromatic heterocycles. The molecule has 0 radical (unpaired) electrons. The first kappa shape index (κ1) is 16.2. The van der Waals surface area contributed by atoms with Gasteiger partial charge in [-0.15, -0.1) is 23.1 Å². The van der Waals surface area contributed by atoms with Gasteiger partial charge in [-0.3, -0.25) is 0 Å². The molecule has 0 saturated heterocycles. The van der Waals surface area contributed by atoms with Crippen molar-refractivity contribution in [2.24, 2.45) is 0 Å². The summed E-state index contributed by atoms with van der Waals surface area (Å²) < 4.78 is 11.0. The van der Waals surface area contributed by atoms with E-state index in [0.717, 1.165) is 39.2 Å². The van der Waals surface area contributed by atoms with Crippen LogP contribution in [0.1, 0.15) is 17.0 Å². The van der Waals surface area contributed by atoms with Gasteiger partial charge in [-0.2, -0.15) is 0 Å². The van der Waals surface area contributed by atoms with Crippen LogP contribution < -0.4 is 0 Å². The number of oxazole rings is 1. The summed E-state index contributed by atoms with van der Waals surface area (Å²) in [6.07, 6.45) is 3.40. The minimum Gasteiger partial charge on any atom is -0.462 e. The summed E-state index contributed by atoms with van der Waals surface area (Å²) in [7, 11) is 0. The molecular formula is C19H16N2O2S2. The predicted octanol–water partition coefficient (Wildman–Crippen LogP) is 5.80. The quantitative estimate of drug-likeness (QED) is 0.430. The zero-order valence-corrected chi connectivity index (χ0v) is 15.3. The van der Waals surface area contributed by atoms with Crippen molar-refractivity contribution < 1.29 is 8.83 Å². The maximum atomic E-state index is 5.60. The monoisotopic (exact) mass is 368 g/mol. The number of aromatic nitrogens is 2. The van der Waals surface area contributed by atoms with Gasteiger partial charge in [0.1, 0.15) is 6.26 Å². The first-order chi connectivity index (χ1) is 12.3. The van der Waals surface area contributed by atoms with Crippen molar-refractivity contribution in [3.8, 4) is 22.2 Å². The molecule has 3 heterocycles. The smallest absolute Gasteiger partial charge is 0.226 e. The Balaban J connectivity index is 1.34. The number of aryl methyl sites for hydroxylation is 1. The number of hydrogen-bond donors (Lipinski definition) is 0. The molecule has 0 amide bonds. The minimum absolute atomic E-state index is 0.671. The second-order valence-electron chi connectivity index (χ2n) is 5.62. The minimum atomic E-state index is 0.671. The molecule has 6 heteroatoms. The van der Waals surface area contributed by atoms with Gasteiger partial charge in [0.25, 0.3) is 0 Å². The van der Waals surface area contributed by atoms with E-state index in [0.29, 0.717) is 5.89 Å². The van der Waals surface area contributed by atoms with E-state index in [4.69, 9.17) is 8.83 Å². The van der Waals surface area contributed by atoms with Gasteiger partial charge in [0.15, 0.2) is 10.8 Å². The van der Waals surface area contributed by atoms with Crippen LogP contribution in [0.2, 0.25) is 0 Å². The van der Waals surface area contributed by atoms with Crippen molar-refractivity contribution in [3.05, 3.63) is 71.3 Å². The summed E-state index contributed by atoms with van der Waals surface area (Å²) in [4.78, 5) is 9.17. The maximum absolute atomic E-state index is 5.60. The summed E-state index contributed by atoms with van der Waals surface area (Å²) in [5, 5.41) is 2.99. The Morgan fingerprint density at radius 1 is 1.00 bits per heavy atom. The highest BCUT2D eigenvalue weighted by molar-refractivity contribution is 7.97. The fraction of sp³-hybridized carbons (Fsp3) is 0.158. The van der Waals surface area contributed by atoms with Crippen LogP contribution in [0.5, 0.6) is 0 Å². The number of thioether (sulfide) groups is 1. The van der Waals surface area contributed by atoms with E-state index in [1.165, 1.54) is 5.56 Å². The van der Waals surface area contributed by atoms with Crippen molar-refractivity contribution >= 4 is 23.1 Å². The van der Waals surface area contributed by atoms with E-state index in [2.05, 4.69) is 34.4 Å². The van der Waals surface area contributed by atoms with Crippen molar-refractivity contribution in [1.29, 1.82) is 0 Å². The van der Waals surface area contributed by atoms with Gasteiger partial charge in [-0.1, -0.05) is 17.7 Å². The lowest BCUT2D eigenvalue weighted by Crippen LogP contribution is -1.85. The summed E-state index contributed by atoms with van der Waals surface area (Å²) in [6, 6.07) is 12.0. The molecule has 0 unspecified atom stereocenters. The fourth-order valence-corrected chi connectivity index (χ4v) is 4.04. The van der Waals surface area contributed by atoms with Gasteiger partial charge in [-0.25, -0.2) is 9.97 Å². The molecule has 0 aliphatic rings. The van der Waals surface area contributed by atoms with Crippen LogP contribution in [0, 0.1) is 6.92 Å². The van der Waals surface area contributed by atoms with Crippen molar-refractivity contribution in [2.75, 3.05) is 0 Å². The molecule has 4 nitrogen and oxygen atoms in total. The van der Waals surface area contributed by atoms with Gasteiger partial charge in [-0.05, 0) is 31.2 Å². The Labute approximate surface area is 153 Å².